The van der Waals surface area contributed by atoms with Crippen molar-refractivity contribution >= 4 is 35.0 Å². The van der Waals surface area contributed by atoms with Crippen LogP contribution >= 0.6 is 23.4 Å². The van der Waals surface area contributed by atoms with Gasteiger partial charge in [-0.05, 0) is 13.2 Å². The Labute approximate surface area is 114 Å². The van der Waals surface area contributed by atoms with Gasteiger partial charge in [0.15, 0.2) is 0 Å². The Bertz CT molecular complexity index is 544. The maximum absolute atomic E-state index is 10.1. The van der Waals surface area contributed by atoms with Crippen molar-refractivity contribution in [3.05, 3.63) is 17.5 Å². The van der Waals surface area contributed by atoms with Crippen LogP contribution in [0.5, 0.6) is 0 Å². The molecule has 0 saturated carbocycles. The molecule has 0 fully saturated rings. The summed E-state index contributed by atoms with van der Waals surface area (Å²) in [6, 6.07) is 1.65. The Morgan fingerprint density at radius 3 is 3.11 bits per heavy atom. The van der Waals surface area contributed by atoms with Crippen LogP contribution in [-0.2, 0) is 0 Å². The molecule has 0 radical (unpaired) electrons. The molecule has 98 valence electrons. The molecular formula is C10H14ClN5OS. The third-order valence-corrected chi connectivity index (χ3v) is 3.43. The number of rotatable bonds is 5. The van der Waals surface area contributed by atoms with Gasteiger partial charge in [-0.25, -0.2) is 0 Å². The molecule has 8 heteroatoms. The Kier molecular flexibility index (Phi) is 3.94. The standard InChI is InChI=1S/C10H14ClN5OS/c1-10(17,5-18-2)4-12-8-3-7(11)15-9-13-6-14-16(8)9/h3,6,12,17H,4-5H2,1-2H3. The van der Waals surface area contributed by atoms with Crippen molar-refractivity contribution in [1.82, 2.24) is 19.6 Å². The molecule has 1 unspecified atom stereocenters. The van der Waals surface area contributed by atoms with Crippen LogP contribution in [0.1, 0.15) is 6.92 Å². The van der Waals surface area contributed by atoms with Crippen molar-refractivity contribution in [3.63, 3.8) is 0 Å². The molecule has 0 aliphatic rings. The lowest BCUT2D eigenvalue weighted by Gasteiger charge is -2.23. The largest absolute Gasteiger partial charge is 0.387 e. The van der Waals surface area contributed by atoms with Crippen LogP contribution in [0.15, 0.2) is 12.4 Å². The van der Waals surface area contributed by atoms with Gasteiger partial charge in [0, 0.05) is 18.4 Å². The zero-order valence-electron chi connectivity index (χ0n) is 10.1. The van der Waals surface area contributed by atoms with Crippen molar-refractivity contribution in [2.24, 2.45) is 0 Å². The van der Waals surface area contributed by atoms with Crippen molar-refractivity contribution in [2.45, 2.75) is 12.5 Å². The molecule has 2 rings (SSSR count). The zero-order chi connectivity index (χ0) is 13.2. The van der Waals surface area contributed by atoms with Crippen LogP contribution in [-0.4, -0.2) is 48.8 Å². The summed E-state index contributed by atoms with van der Waals surface area (Å²) in [5, 5.41) is 17.6. The van der Waals surface area contributed by atoms with E-state index in [2.05, 4.69) is 20.4 Å². The molecule has 18 heavy (non-hydrogen) atoms. The van der Waals surface area contributed by atoms with Crippen LogP contribution < -0.4 is 5.32 Å². The van der Waals surface area contributed by atoms with Crippen LogP contribution in [0.2, 0.25) is 5.15 Å². The van der Waals surface area contributed by atoms with Gasteiger partial charge in [-0.15, -0.1) is 0 Å². The van der Waals surface area contributed by atoms with E-state index in [-0.39, 0.29) is 0 Å². The number of anilines is 1. The highest BCUT2D eigenvalue weighted by Crippen LogP contribution is 2.16. The molecule has 0 amide bonds. The summed E-state index contributed by atoms with van der Waals surface area (Å²) in [5.74, 6) is 1.72. The Balaban J connectivity index is 2.19. The highest BCUT2D eigenvalue weighted by molar-refractivity contribution is 7.98. The smallest absolute Gasteiger partial charge is 0.255 e. The van der Waals surface area contributed by atoms with Crippen LogP contribution in [0, 0.1) is 0 Å². The molecular weight excluding hydrogens is 274 g/mol. The highest BCUT2D eigenvalue weighted by Gasteiger charge is 2.20. The lowest BCUT2D eigenvalue weighted by molar-refractivity contribution is 0.0996. The van der Waals surface area contributed by atoms with Gasteiger partial charge in [0.05, 0.1) is 5.60 Å². The Morgan fingerprint density at radius 1 is 1.61 bits per heavy atom. The van der Waals surface area contributed by atoms with Crippen LogP contribution in [0.3, 0.4) is 0 Å². The number of hydrogen-bond acceptors (Lipinski definition) is 6. The highest BCUT2D eigenvalue weighted by atomic mass is 35.5. The van der Waals surface area contributed by atoms with Gasteiger partial charge >= 0.3 is 0 Å². The normalized spacial score (nSPS) is 14.7. The van der Waals surface area contributed by atoms with E-state index >= 15 is 0 Å². The van der Waals surface area contributed by atoms with E-state index in [1.54, 1.807) is 29.3 Å². The van der Waals surface area contributed by atoms with Gasteiger partial charge in [-0.3, -0.25) is 0 Å². The fourth-order valence-electron chi connectivity index (χ4n) is 1.55. The molecule has 6 nitrogen and oxygen atoms in total. The lowest BCUT2D eigenvalue weighted by atomic mass is 10.1. The van der Waals surface area contributed by atoms with Crippen LogP contribution in [0.4, 0.5) is 5.82 Å². The second-order valence-corrected chi connectivity index (χ2v) is 5.47. The summed E-state index contributed by atoms with van der Waals surface area (Å²) in [4.78, 5) is 8.00. The molecule has 2 N–H and O–H groups in total. The Morgan fingerprint density at radius 2 is 2.39 bits per heavy atom. The van der Waals surface area contributed by atoms with Gasteiger partial charge in [-0.2, -0.15) is 31.3 Å². The number of aliphatic hydroxyl groups is 1. The first kappa shape index (κ1) is 13.4. The SMILES string of the molecule is CSCC(C)(O)CNc1cc(Cl)nc2ncnn12. The summed E-state index contributed by atoms with van der Waals surface area (Å²) in [6.45, 7) is 2.17. The van der Waals surface area contributed by atoms with E-state index in [4.69, 9.17) is 11.6 Å². The van der Waals surface area contributed by atoms with Crippen molar-refractivity contribution < 1.29 is 5.11 Å². The minimum absolute atomic E-state index is 0.336. The molecule has 0 aliphatic heterocycles. The lowest BCUT2D eigenvalue weighted by Crippen LogP contribution is -2.36. The molecule has 2 aromatic heterocycles. The molecule has 2 heterocycles. The van der Waals surface area contributed by atoms with Gasteiger partial charge < -0.3 is 10.4 Å². The summed E-state index contributed by atoms with van der Waals surface area (Å²) in [6.07, 6.45) is 3.36. The maximum atomic E-state index is 10.1. The van der Waals surface area contributed by atoms with E-state index in [1.165, 1.54) is 6.33 Å². The first-order valence-corrected chi connectivity index (χ1v) is 7.10. The predicted octanol–water partition coefficient (Wildman–Crippen LogP) is 1.30. The van der Waals surface area contributed by atoms with Gasteiger partial charge in [0.25, 0.3) is 5.78 Å². The topological polar surface area (TPSA) is 75.3 Å². The van der Waals surface area contributed by atoms with Gasteiger partial charge in [0.2, 0.25) is 0 Å². The van der Waals surface area contributed by atoms with E-state index < -0.39 is 5.60 Å². The van der Waals surface area contributed by atoms with Crippen LogP contribution in [0.25, 0.3) is 5.78 Å². The first-order chi connectivity index (χ1) is 8.52. The maximum Gasteiger partial charge on any atom is 0.255 e. The number of nitrogens with zero attached hydrogens (tertiary/aromatic N) is 4. The number of hydrogen-bond donors (Lipinski definition) is 2. The summed E-state index contributed by atoms with van der Waals surface area (Å²) >= 11 is 7.48. The molecule has 0 spiro atoms. The third kappa shape index (κ3) is 3.04. The van der Waals surface area contributed by atoms with Crippen molar-refractivity contribution in [3.8, 4) is 0 Å². The summed E-state index contributed by atoms with van der Waals surface area (Å²) in [5.41, 5.74) is -0.804. The quantitative estimate of drug-likeness (QED) is 0.808. The number of aromatic nitrogens is 4. The number of thioether (sulfide) groups is 1. The third-order valence-electron chi connectivity index (χ3n) is 2.33. The summed E-state index contributed by atoms with van der Waals surface area (Å²) in [7, 11) is 0. The second kappa shape index (κ2) is 5.29. The molecule has 0 saturated heterocycles. The average molecular weight is 288 g/mol. The first-order valence-electron chi connectivity index (χ1n) is 5.33. The zero-order valence-corrected chi connectivity index (χ0v) is 11.7. The van der Waals surface area contributed by atoms with Crippen molar-refractivity contribution in [1.29, 1.82) is 0 Å². The number of fused-ring (bicyclic) bond motifs is 1. The fraction of sp³-hybridized carbons (Fsp3) is 0.500. The van der Waals surface area contributed by atoms with E-state index in [1.807, 2.05) is 6.26 Å². The Hall–Kier alpha value is -1.05. The predicted molar refractivity (Wildman–Crippen MR) is 73.3 cm³/mol. The monoisotopic (exact) mass is 287 g/mol. The van der Waals surface area contributed by atoms with Gasteiger partial charge in [-0.1, -0.05) is 11.6 Å². The minimum Gasteiger partial charge on any atom is -0.387 e. The van der Waals surface area contributed by atoms with E-state index in [0.29, 0.717) is 29.0 Å². The molecule has 0 aliphatic carbocycles. The van der Waals surface area contributed by atoms with E-state index in [0.717, 1.165) is 0 Å². The average Bonchev–Trinajstić information content (AvgIpc) is 2.73. The molecule has 0 aromatic carbocycles. The molecule has 2 aromatic rings. The number of halogens is 1. The number of nitrogens with one attached hydrogen (secondary N) is 1. The van der Waals surface area contributed by atoms with E-state index in [9.17, 15) is 5.11 Å². The fourth-order valence-corrected chi connectivity index (χ4v) is 2.46. The second-order valence-electron chi connectivity index (χ2n) is 4.22. The minimum atomic E-state index is -0.804. The summed E-state index contributed by atoms with van der Waals surface area (Å²) < 4.78 is 1.54. The molecule has 0 bridgehead atoms. The molecule has 1 atom stereocenters. The van der Waals surface area contributed by atoms with Gasteiger partial charge in [0.1, 0.15) is 17.3 Å². The van der Waals surface area contributed by atoms with Crippen molar-refractivity contribution in [2.75, 3.05) is 23.9 Å².